The zero-order chi connectivity index (χ0) is 14.3. The normalized spacial score (nSPS) is 29.3. The summed E-state index contributed by atoms with van der Waals surface area (Å²) in [4.78, 5) is 0. The Bertz CT molecular complexity index is 485. The summed E-state index contributed by atoms with van der Waals surface area (Å²) in [5, 5.41) is 3.48. The van der Waals surface area contributed by atoms with Crippen molar-refractivity contribution in [1.82, 2.24) is 9.88 Å². The zero-order valence-corrected chi connectivity index (χ0v) is 13.2. The molecule has 4 rings (SSSR count). The van der Waals surface area contributed by atoms with Crippen LogP contribution in [-0.2, 0) is 11.3 Å². The molecule has 3 fully saturated rings. The van der Waals surface area contributed by atoms with E-state index in [4.69, 9.17) is 4.74 Å². The fourth-order valence-electron chi connectivity index (χ4n) is 4.51. The molecule has 1 aromatic rings. The summed E-state index contributed by atoms with van der Waals surface area (Å²) in [6.07, 6.45) is 15.6. The molecular weight excluding hydrogens is 260 g/mol. The van der Waals surface area contributed by atoms with Crippen LogP contribution in [-0.4, -0.2) is 23.3 Å². The first kappa shape index (κ1) is 13.8. The molecule has 116 valence electrons. The van der Waals surface area contributed by atoms with Crippen molar-refractivity contribution in [3.8, 4) is 0 Å². The van der Waals surface area contributed by atoms with Gasteiger partial charge >= 0.3 is 0 Å². The Morgan fingerprint density at radius 2 is 2.10 bits per heavy atom. The van der Waals surface area contributed by atoms with Gasteiger partial charge in [0.05, 0.1) is 11.7 Å². The van der Waals surface area contributed by atoms with E-state index in [1.54, 1.807) is 0 Å². The molecule has 3 heteroatoms. The quantitative estimate of drug-likeness (QED) is 0.895. The first-order valence-corrected chi connectivity index (χ1v) is 8.79. The van der Waals surface area contributed by atoms with E-state index in [9.17, 15) is 0 Å². The predicted octanol–water partition coefficient (Wildman–Crippen LogP) is 3.65. The Morgan fingerprint density at radius 3 is 2.81 bits per heavy atom. The van der Waals surface area contributed by atoms with Crippen LogP contribution < -0.4 is 5.32 Å². The molecule has 1 saturated heterocycles. The smallest absolute Gasteiger partial charge is 0.0762 e. The molecule has 0 amide bonds. The van der Waals surface area contributed by atoms with Gasteiger partial charge in [0, 0.05) is 25.0 Å². The minimum absolute atomic E-state index is 0.266. The highest BCUT2D eigenvalue weighted by atomic mass is 16.5. The van der Waals surface area contributed by atoms with E-state index in [0.29, 0.717) is 12.1 Å². The number of nitrogens with zero attached hydrogens (tertiary/aromatic N) is 1. The third-order valence-corrected chi connectivity index (χ3v) is 5.80. The van der Waals surface area contributed by atoms with Crippen molar-refractivity contribution < 1.29 is 4.74 Å². The lowest BCUT2D eigenvalue weighted by molar-refractivity contribution is -0.0417. The molecular formula is C18H28N2O. The van der Waals surface area contributed by atoms with Crippen molar-refractivity contribution in [2.45, 2.75) is 75.7 Å². The van der Waals surface area contributed by atoms with E-state index in [1.807, 2.05) is 0 Å². The van der Waals surface area contributed by atoms with Gasteiger partial charge in [-0.2, -0.15) is 0 Å². The van der Waals surface area contributed by atoms with Gasteiger partial charge < -0.3 is 14.6 Å². The fraction of sp³-hybridized carbons (Fsp3) is 0.778. The molecule has 0 bridgehead atoms. The van der Waals surface area contributed by atoms with E-state index in [2.05, 4.69) is 35.4 Å². The summed E-state index contributed by atoms with van der Waals surface area (Å²) >= 11 is 0. The van der Waals surface area contributed by atoms with Gasteiger partial charge in [-0.25, -0.2) is 0 Å². The van der Waals surface area contributed by atoms with Gasteiger partial charge in [0.15, 0.2) is 0 Å². The van der Waals surface area contributed by atoms with Gasteiger partial charge in [-0.1, -0.05) is 12.8 Å². The monoisotopic (exact) mass is 288 g/mol. The van der Waals surface area contributed by atoms with Crippen LogP contribution in [0.3, 0.4) is 0 Å². The van der Waals surface area contributed by atoms with Gasteiger partial charge in [0.2, 0.25) is 0 Å². The third-order valence-electron chi connectivity index (χ3n) is 5.80. The fourth-order valence-corrected chi connectivity index (χ4v) is 4.51. The maximum absolute atomic E-state index is 6.43. The highest BCUT2D eigenvalue weighted by Crippen LogP contribution is 2.44. The lowest BCUT2D eigenvalue weighted by Crippen LogP contribution is -2.26. The topological polar surface area (TPSA) is 26.2 Å². The number of ether oxygens (including phenoxy) is 1. The number of hydrogen-bond acceptors (Lipinski definition) is 2. The molecule has 2 saturated carbocycles. The standard InChI is InChI=1S/C18H28N2O/c1-19-17(14-4-5-14)15-7-11-20(12-15)13-16-6-10-18(21-16)8-2-3-9-18/h7,11-12,14,16-17,19H,2-6,8-10,13H2,1H3. The second-order valence-electron chi connectivity index (χ2n) is 7.41. The van der Waals surface area contributed by atoms with Crippen LogP contribution in [0.2, 0.25) is 0 Å². The second-order valence-corrected chi connectivity index (χ2v) is 7.41. The summed E-state index contributed by atoms with van der Waals surface area (Å²) < 4.78 is 8.78. The minimum atomic E-state index is 0.266. The minimum Gasteiger partial charge on any atom is -0.370 e. The highest BCUT2D eigenvalue weighted by Gasteiger charge is 2.42. The SMILES string of the molecule is CNC(c1ccn(CC2CCC3(CCCC3)O2)c1)C1CC1. The molecule has 1 N–H and O–H groups in total. The Balaban J connectivity index is 1.38. The lowest BCUT2D eigenvalue weighted by atomic mass is 9.98. The predicted molar refractivity (Wildman–Crippen MR) is 84.3 cm³/mol. The summed E-state index contributed by atoms with van der Waals surface area (Å²) in [7, 11) is 2.09. The van der Waals surface area contributed by atoms with Crippen molar-refractivity contribution in [1.29, 1.82) is 0 Å². The van der Waals surface area contributed by atoms with E-state index in [-0.39, 0.29) is 5.60 Å². The summed E-state index contributed by atoms with van der Waals surface area (Å²) in [5.74, 6) is 0.857. The van der Waals surface area contributed by atoms with E-state index in [0.717, 1.165) is 12.5 Å². The highest BCUT2D eigenvalue weighted by molar-refractivity contribution is 5.18. The van der Waals surface area contributed by atoms with Crippen molar-refractivity contribution in [3.05, 3.63) is 24.0 Å². The molecule has 21 heavy (non-hydrogen) atoms. The van der Waals surface area contributed by atoms with Gasteiger partial charge in [-0.15, -0.1) is 0 Å². The maximum atomic E-state index is 6.43. The molecule has 1 aromatic heterocycles. The van der Waals surface area contributed by atoms with E-state index < -0.39 is 0 Å². The molecule has 1 aliphatic heterocycles. The van der Waals surface area contributed by atoms with Gasteiger partial charge in [0.25, 0.3) is 0 Å². The number of aromatic nitrogens is 1. The Kier molecular flexibility index (Phi) is 3.58. The zero-order valence-electron chi connectivity index (χ0n) is 13.2. The largest absolute Gasteiger partial charge is 0.370 e. The molecule has 2 unspecified atom stereocenters. The third kappa shape index (κ3) is 2.78. The molecule has 2 heterocycles. The van der Waals surface area contributed by atoms with Crippen LogP contribution in [0.5, 0.6) is 0 Å². The summed E-state index contributed by atoms with van der Waals surface area (Å²) in [6.45, 7) is 1.03. The molecule has 2 aliphatic carbocycles. The van der Waals surface area contributed by atoms with Crippen LogP contribution in [0.15, 0.2) is 18.5 Å². The van der Waals surface area contributed by atoms with Crippen LogP contribution in [0.1, 0.15) is 63.0 Å². The maximum Gasteiger partial charge on any atom is 0.0762 e. The molecule has 3 aliphatic rings. The average Bonchev–Trinajstić information content (AvgIpc) is 2.90. The molecule has 1 spiro atoms. The number of hydrogen-bond donors (Lipinski definition) is 1. The van der Waals surface area contributed by atoms with Crippen molar-refractivity contribution in [3.63, 3.8) is 0 Å². The summed E-state index contributed by atoms with van der Waals surface area (Å²) in [6, 6.07) is 2.84. The van der Waals surface area contributed by atoms with Crippen LogP contribution in [0.4, 0.5) is 0 Å². The Morgan fingerprint density at radius 1 is 1.29 bits per heavy atom. The van der Waals surface area contributed by atoms with Crippen LogP contribution in [0.25, 0.3) is 0 Å². The first-order valence-electron chi connectivity index (χ1n) is 8.79. The Hall–Kier alpha value is -0.800. The molecule has 0 radical (unpaired) electrons. The molecule has 0 aromatic carbocycles. The first-order chi connectivity index (χ1) is 10.3. The molecule has 3 nitrogen and oxygen atoms in total. The summed E-state index contributed by atoms with van der Waals surface area (Å²) in [5.41, 5.74) is 1.72. The number of nitrogens with one attached hydrogen (secondary N) is 1. The number of rotatable bonds is 5. The van der Waals surface area contributed by atoms with E-state index >= 15 is 0 Å². The van der Waals surface area contributed by atoms with Crippen LogP contribution >= 0.6 is 0 Å². The lowest BCUT2D eigenvalue weighted by Gasteiger charge is -2.24. The van der Waals surface area contributed by atoms with Crippen LogP contribution in [0, 0.1) is 5.92 Å². The Labute approximate surface area is 128 Å². The van der Waals surface area contributed by atoms with Crippen molar-refractivity contribution >= 4 is 0 Å². The van der Waals surface area contributed by atoms with Crippen molar-refractivity contribution in [2.75, 3.05) is 7.05 Å². The van der Waals surface area contributed by atoms with Crippen molar-refractivity contribution in [2.24, 2.45) is 5.92 Å². The van der Waals surface area contributed by atoms with Gasteiger partial charge in [0.1, 0.15) is 0 Å². The van der Waals surface area contributed by atoms with Gasteiger partial charge in [-0.3, -0.25) is 0 Å². The molecule has 2 atom stereocenters. The average molecular weight is 288 g/mol. The second kappa shape index (κ2) is 5.44. The van der Waals surface area contributed by atoms with E-state index in [1.165, 1.54) is 56.9 Å². The van der Waals surface area contributed by atoms with Gasteiger partial charge in [-0.05, 0) is 63.1 Å².